The zero-order valence-electron chi connectivity index (χ0n) is 19.0. The van der Waals surface area contributed by atoms with E-state index < -0.39 is 15.9 Å². The summed E-state index contributed by atoms with van der Waals surface area (Å²) in [6, 6.07) is 12.0. The van der Waals surface area contributed by atoms with Crippen LogP contribution in [0.2, 0.25) is 0 Å². The third kappa shape index (κ3) is 5.71. The summed E-state index contributed by atoms with van der Waals surface area (Å²) in [5, 5.41) is 0. The van der Waals surface area contributed by atoms with Gasteiger partial charge >= 0.3 is 157 Å². The van der Waals surface area contributed by atoms with Gasteiger partial charge in [0.05, 0.1) is 4.90 Å². The number of benzene rings is 2. The maximum atomic E-state index is 12.9. The number of sulfone groups is 1. The molecule has 0 saturated carbocycles. The van der Waals surface area contributed by atoms with Gasteiger partial charge in [0.25, 0.3) is 0 Å². The number of aromatic nitrogens is 2. The molecule has 0 aliphatic carbocycles. The molecule has 11 heteroatoms. The van der Waals surface area contributed by atoms with Crippen LogP contribution in [0.3, 0.4) is 0 Å². The Morgan fingerprint density at radius 2 is 2.00 bits per heavy atom. The van der Waals surface area contributed by atoms with Crippen molar-refractivity contribution in [3.8, 4) is 5.75 Å². The third-order valence-corrected chi connectivity index (χ3v) is 7.70. The first-order chi connectivity index (χ1) is 16.2. The first-order valence-electron chi connectivity index (χ1n) is 10.8. The molecule has 1 aliphatic heterocycles. The van der Waals surface area contributed by atoms with Crippen LogP contribution in [0.25, 0.3) is 0 Å². The Morgan fingerprint density at radius 1 is 1.24 bits per heavy atom. The Bertz CT molecular complexity index is 1280. The normalized spacial score (nSPS) is 13.1. The van der Waals surface area contributed by atoms with Crippen molar-refractivity contribution in [3.63, 3.8) is 0 Å². The van der Waals surface area contributed by atoms with Gasteiger partial charge in [-0.3, -0.25) is 0 Å². The third-order valence-electron chi connectivity index (χ3n) is 5.47. The molecule has 3 aromatic rings. The van der Waals surface area contributed by atoms with Crippen LogP contribution in [0.5, 0.6) is 5.75 Å². The number of imidazole rings is 1. The van der Waals surface area contributed by atoms with Crippen molar-refractivity contribution >= 4 is 53.4 Å². The maximum absolute atomic E-state index is 12.9. The first-order valence-corrected chi connectivity index (χ1v) is 14.7. The standard InChI is InChI=1S/C23H25N4O5S.Tl/c1-3-27(23(28)32-15-17-4-7-20(8-5-17)33(2,29)30)19-6-9-22-21(12-19)26(10-11-31-22)14-18-13-24-16-25-18;/h4-9,12-13,16H,3,10-11,14-15H2,1-2H3;/q-1;+1. The van der Waals surface area contributed by atoms with E-state index in [1.807, 2.05) is 31.5 Å². The molecule has 0 N–H and O–H groups in total. The van der Waals surface area contributed by atoms with E-state index in [2.05, 4.69) is 18.5 Å². The predicted octanol–water partition coefficient (Wildman–Crippen LogP) is 2.78. The van der Waals surface area contributed by atoms with Crippen molar-refractivity contribution in [3.05, 3.63) is 66.2 Å². The van der Waals surface area contributed by atoms with Gasteiger partial charge in [0, 0.05) is 6.26 Å². The summed E-state index contributed by atoms with van der Waals surface area (Å²) in [7, 11) is -3.27. The van der Waals surface area contributed by atoms with Crippen LogP contribution in [-0.4, -0.2) is 73.9 Å². The number of carbonyl (C=O) groups is 1. The number of ether oxygens (including phenoxy) is 2. The molecule has 0 atom stereocenters. The van der Waals surface area contributed by atoms with Crippen LogP contribution in [0.4, 0.5) is 16.2 Å². The zero-order valence-corrected chi connectivity index (χ0v) is 24.4. The van der Waals surface area contributed by atoms with E-state index in [9.17, 15) is 13.2 Å². The van der Waals surface area contributed by atoms with Crippen LogP contribution in [0.1, 0.15) is 18.2 Å². The summed E-state index contributed by atoms with van der Waals surface area (Å²) >= 11 is 0.677. The number of fused-ring (bicyclic) bond motifs is 1. The molecule has 0 spiro atoms. The Kier molecular flexibility index (Phi) is 7.45. The van der Waals surface area contributed by atoms with E-state index in [-0.39, 0.29) is 11.5 Å². The monoisotopic (exact) mass is 674 g/mol. The van der Waals surface area contributed by atoms with Gasteiger partial charge in [-0.25, -0.2) is 8.42 Å². The molecule has 1 aromatic heterocycles. The fourth-order valence-electron chi connectivity index (χ4n) is 3.72. The Morgan fingerprint density at radius 3 is 2.65 bits per heavy atom. The number of amides is 1. The first kappa shape index (κ1) is 24.5. The molecule has 0 fully saturated rings. The van der Waals surface area contributed by atoms with Crippen molar-refractivity contribution in [2.75, 3.05) is 35.8 Å². The Labute approximate surface area is 215 Å². The molecule has 1 aliphatic rings. The van der Waals surface area contributed by atoms with Gasteiger partial charge in [-0.15, -0.1) is 0 Å². The van der Waals surface area contributed by atoms with E-state index in [0.29, 0.717) is 57.0 Å². The summed E-state index contributed by atoms with van der Waals surface area (Å²) in [6.45, 7) is 4.34. The van der Waals surface area contributed by atoms with Gasteiger partial charge in [0.15, 0.2) is 9.84 Å². The fraction of sp³-hybridized carbons (Fsp3) is 0.304. The van der Waals surface area contributed by atoms with Crippen LogP contribution < -0.4 is 14.5 Å². The summed E-state index contributed by atoms with van der Waals surface area (Å²) in [6.07, 6.45) is 4.58. The van der Waals surface area contributed by atoms with E-state index >= 15 is 0 Å². The van der Waals surface area contributed by atoms with Gasteiger partial charge in [-0.2, -0.15) is 0 Å². The molecule has 0 bridgehead atoms. The molecule has 176 valence electrons. The van der Waals surface area contributed by atoms with Crippen molar-refractivity contribution in [2.24, 2.45) is 0 Å². The molecule has 0 unspecified atom stereocenters. The van der Waals surface area contributed by atoms with E-state index in [4.69, 9.17) is 9.47 Å². The molecular weight excluding hydrogens is 649 g/mol. The summed E-state index contributed by atoms with van der Waals surface area (Å²) in [5.41, 5.74) is 3.33. The second kappa shape index (κ2) is 10.3. The number of carbonyl (C=O) groups excluding carboxylic acids is 1. The quantitative estimate of drug-likeness (QED) is 0.357. The van der Waals surface area contributed by atoms with E-state index in [0.717, 1.165) is 29.9 Å². The zero-order chi connectivity index (χ0) is 24.3. The number of anilines is 2. The van der Waals surface area contributed by atoms with Crippen molar-refractivity contribution in [1.82, 2.24) is 7.36 Å². The predicted molar refractivity (Wildman–Crippen MR) is 129 cm³/mol. The van der Waals surface area contributed by atoms with Crippen LogP contribution in [0.15, 0.2) is 59.9 Å². The minimum atomic E-state index is -3.27. The summed E-state index contributed by atoms with van der Waals surface area (Å²) in [5.74, 6) is 0.776. The molecule has 9 nitrogen and oxygen atoms in total. The molecule has 34 heavy (non-hydrogen) atoms. The van der Waals surface area contributed by atoms with E-state index in [1.165, 1.54) is 12.1 Å². The number of hydrogen-bond acceptors (Lipinski definition) is 7. The van der Waals surface area contributed by atoms with Gasteiger partial charge in [-0.1, -0.05) is 12.1 Å². The minimum absolute atomic E-state index is 0.0448. The summed E-state index contributed by atoms with van der Waals surface area (Å²) < 4.78 is 36.7. The molecule has 0 radical (unpaired) electrons. The Balaban J connectivity index is 1.47. The summed E-state index contributed by atoms with van der Waals surface area (Å²) in [4.78, 5) is 21.3. The van der Waals surface area contributed by atoms with Crippen LogP contribution in [0, 0.1) is 0 Å². The second-order valence-electron chi connectivity index (χ2n) is 7.95. The number of hydrogen-bond donors (Lipinski definition) is 0. The number of rotatable bonds is 7. The number of nitrogens with zero attached hydrogens (tertiary/aromatic N) is 4. The van der Waals surface area contributed by atoms with Crippen molar-refractivity contribution in [1.29, 1.82) is 0 Å². The van der Waals surface area contributed by atoms with Crippen molar-refractivity contribution < 1.29 is 22.7 Å². The second-order valence-corrected chi connectivity index (χ2v) is 12.3. The molecule has 1 amide bonds. The molecule has 2 heterocycles. The molecular formula is C23H25N4O5STl. The van der Waals surface area contributed by atoms with E-state index in [1.54, 1.807) is 17.0 Å². The van der Waals surface area contributed by atoms with Gasteiger partial charge in [0.2, 0.25) is 0 Å². The average Bonchev–Trinajstić information content (AvgIpc) is 3.22. The topological polar surface area (TPSA) is 94.0 Å². The molecule has 0 saturated heterocycles. The van der Waals surface area contributed by atoms with Crippen LogP contribution >= 0.6 is 0 Å². The van der Waals surface area contributed by atoms with Gasteiger partial charge < -0.3 is 0 Å². The Hall–Kier alpha value is -2.61. The average molecular weight is 674 g/mol. The van der Waals surface area contributed by atoms with Gasteiger partial charge in [-0.05, 0) is 17.7 Å². The molecule has 4 rings (SSSR count). The van der Waals surface area contributed by atoms with Gasteiger partial charge in [0.1, 0.15) is 0 Å². The van der Waals surface area contributed by atoms with Crippen LogP contribution in [-0.2, 0) is 27.7 Å². The van der Waals surface area contributed by atoms with Crippen molar-refractivity contribution in [2.45, 2.75) is 25.0 Å². The SMILES string of the molecule is CCN(C(=O)OCc1ccc(S(C)(=O)=O)cc1)c1ccc2c(c1)N(Cc1c[n]([Tl])cn1)CCO2. The molecule has 2 aromatic carbocycles. The fourth-order valence-corrected chi connectivity index (χ4v) is 5.28.